The van der Waals surface area contributed by atoms with Crippen molar-refractivity contribution in [3.63, 3.8) is 0 Å². The van der Waals surface area contributed by atoms with Gasteiger partial charge in [-0.25, -0.2) is 4.98 Å². The minimum Gasteiger partial charge on any atom is -0.335 e. The van der Waals surface area contributed by atoms with E-state index in [2.05, 4.69) is 32.6 Å². The molecule has 2 aromatic heterocycles. The molecule has 140 valence electrons. The van der Waals surface area contributed by atoms with Gasteiger partial charge in [0.05, 0.1) is 5.69 Å². The zero-order valence-electron chi connectivity index (χ0n) is 15.0. The first-order chi connectivity index (χ1) is 13.2. The number of piperazine rings is 1. The maximum absolute atomic E-state index is 12.5. The minimum absolute atomic E-state index is 0.0365. The molecule has 7 nitrogen and oxygen atoms in total. The molecule has 0 atom stereocenters. The average molecular weight is 382 g/mol. The average Bonchev–Trinajstić information content (AvgIpc) is 3.38. The van der Waals surface area contributed by atoms with Gasteiger partial charge in [-0.15, -0.1) is 11.3 Å². The van der Waals surface area contributed by atoms with Crippen LogP contribution in [0.3, 0.4) is 0 Å². The Morgan fingerprint density at radius 3 is 2.67 bits per heavy atom. The largest absolute Gasteiger partial charge is 0.335 e. The molecule has 0 spiro atoms. The normalized spacial score (nSPS) is 15.2. The Hall–Kier alpha value is -2.55. The Kier molecular flexibility index (Phi) is 5.28. The number of nitrogens with two attached hydrogens (primary N) is 1. The first kappa shape index (κ1) is 17.8. The Balaban J connectivity index is 1.32. The lowest BCUT2D eigenvalue weighted by Crippen LogP contribution is -2.48. The zero-order valence-corrected chi connectivity index (χ0v) is 15.8. The second-order valence-electron chi connectivity index (χ2n) is 6.56. The van der Waals surface area contributed by atoms with Gasteiger partial charge in [-0.3, -0.25) is 14.8 Å². The van der Waals surface area contributed by atoms with Crippen molar-refractivity contribution in [1.82, 2.24) is 25.0 Å². The number of hydrogen-bond donors (Lipinski definition) is 2. The highest BCUT2D eigenvalue weighted by Gasteiger charge is 2.24. The van der Waals surface area contributed by atoms with Gasteiger partial charge in [-0.1, -0.05) is 30.3 Å². The van der Waals surface area contributed by atoms with Crippen LogP contribution in [-0.2, 0) is 13.1 Å². The van der Waals surface area contributed by atoms with Crippen LogP contribution >= 0.6 is 11.3 Å². The van der Waals surface area contributed by atoms with Crippen molar-refractivity contribution < 1.29 is 4.79 Å². The van der Waals surface area contributed by atoms with Crippen molar-refractivity contribution in [3.05, 3.63) is 58.9 Å². The predicted octanol–water partition coefficient (Wildman–Crippen LogP) is 1.95. The summed E-state index contributed by atoms with van der Waals surface area (Å²) >= 11 is 1.67. The number of nitrogens with one attached hydrogen (secondary N) is 1. The van der Waals surface area contributed by atoms with Crippen molar-refractivity contribution in [2.24, 2.45) is 5.73 Å². The van der Waals surface area contributed by atoms with Gasteiger partial charge in [-0.05, 0) is 6.07 Å². The first-order valence-electron chi connectivity index (χ1n) is 8.99. The highest BCUT2D eigenvalue weighted by molar-refractivity contribution is 7.13. The number of nitrogens with zero attached hydrogens (tertiary/aromatic N) is 4. The second-order valence-corrected chi connectivity index (χ2v) is 7.42. The lowest BCUT2D eigenvalue weighted by Gasteiger charge is -2.34. The number of hydrogen-bond acceptors (Lipinski definition) is 6. The number of benzene rings is 1. The Labute approximate surface area is 161 Å². The summed E-state index contributed by atoms with van der Waals surface area (Å²) in [6, 6.07) is 12.0. The van der Waals surface area contributed by atoms with Gasteiger partial charge in [0, 0.05) is 55.9 Å². The van der Waals surface area contributed by atoms with Gasteiger partial charge in [-0.2, -0.15) is 5.10 Å². The van der Waals surface area contributed by atoms with Crippen LogP contribution in [0.5, 0.6) is 0 Å². The molecule has 1 aliphatic rings. The quantitative estimate of drug-likeness (QED) is 0.704. The standard InChI is InChI=1S/C19H22N6OS/c20-11-15-10-17(23-22-15)19(26)25-8-6-24(7-9-25)12-16-13-27-18(21-16)14-4-2-1-3-5-14/h1-5,10,13H,6-9,11-12,20H2,(H,22,23). The third-order valence-corrected chi connectivity index (χ3v) is 5.63. The van der Waals surface area contributed by atoms with E-state index >= 15 is 0 Å². The molecule has 1 aliphatic heterocycles. The van der Waals surface area contributed by atoms with Gasteiger partial charge in [0.2, 0.25) is 0 Å². The third-order valence-electron chi connectivity index (χ3n) is 4.69. The molecule has 1 amide bonds. The van der Waals surface area contributed by atoms with Gasteiger partial charge in [0.1, 0.15) is 10.7 Å². The van der Waals surface area contributed by atoms with Gasteiger partial charge in [0.15, 0.2) is 0 Å². The molecule has 0 radical (unpaired) electrons. The predicted molar refractivity (Wildman–Crippen MR) is 105 cm³/mol. The summed E-state index contributed by atoms with van der Waals surface area (Å²) in [6.45, 7) is 4.21. The SMILES string of the molecule is NCc1cc(C(=O)N2CCN(Cc3csc(-c4ccccc4)n3)CC2)n[nH]1. The molecule has 8 heteroatoms. The van der Waals surface area contributed by atoms with Gasteiger partial charge < -0.3 is 10.6 Å². The topological polar surface area (TPSA) is 91.1 Å². The maximum Gasteiger partial charge on any atom is 0.274 e. The van der Waals surface area contributed by atoms with Crippen LogP contribution in [-0.4, -0.2) is 57.1 Å². The highest BCUT2D eigenvalue weighted by atomic mass is 32.1. The summed E-state index contributed by atoms with van der Waals surface area (Å²) in [5.41, 5.74) is 9.01. The van der Waals surface area contributed by atoms with Crippen LogP contribution in [0.4, 0.5) is 0 Å². The molecule has 3 aromatic rings. The van der Waals surface area contributed by atoms with Crippen molar-refractivity contribution >= 4 is 17.2 Å². The molecule has 27 heavy (non-hydrogen) atoms. The minimum atomic E-state index is -0.0365. The van der Waals surface area contributed by atoms with Crippen LogP contribution < -0.4 is 5.73 Å². The van der Waals surface area contributed by atoms with Gasteiger partial charge >= 0.3 is 0 Å². The molecule has 3 heterocycles. The number of thiazole rings is 1. The number of carbonyl (C=O) groups is 1. The Morgan fingerprint density at radius 1 is 1.19 bits per heavy atom. The fourth-order valence-corrected chi connectivity index (χ4v) is 3.99. The van der Waals surface area contributed by atoms with E-state index in [-0.39, 0.29) is 5.91 Å². The fourth-order valence-electron chi connectivity index (χ4n) is 3.17. The number of aromatic nitrogens is 3. The Morgan fingerprint density at radius 2 is 1.96 bits per heavy atom. The number of H-pyrrole nitrogens is 1. The van der Waals surface area contributed by atoms with Gasteiger partial charge in [0.25, 0.3) is 5.91 Å². The van der Waals surface area contributed by atoms with E-state index in [0.717, 1.165) is 41.6 Å². The Bertz CT molecular complexity index is 898. The molecule has 0 bridgehead atoms. The number of rotatable bonds is 5. The van der Waals surface area contributed by atoms with Crippen molar-refractivity contribution in [3.8, 4) is 10.6 Å². The molecule has 1 aromatic carbocycles. The van der Waals surface area contributed by atoms with Crippen LogP contribution in [0.15, 0.2) is 41.8 Å². The molecule has 1 fully saturated rings. The molecular formula is C19H22N6OS. The van der Waals surface area contributed by atoms with Crippen LogP contribution in [0.25, 0.3) is 10.6 Å². The van der Waals surface area contributed by atoms with Crippen molar-refractivity contribution in [2.45, 2.75) is 13.1 Å². The van der Waals surface area contributed by atoms with E-state index < -0.39 is 0 Å². The van der Waals surface area contributed by atoms with E-state index in [9.17, 15) is 4.79 Å². The smallest absolute Gasteiger partial charge is 0.274 e. The number of carbonyl (C=O) groups excluding carboxylic acids is 1. The fraction of sp³-hybridized carbons (Fsp3) is 0.316. The molecule has 1 saturated heterocycles. The molecule has 0 saturated carbocycles. The number of aromatic amines is 1. The van der Waals surface area contributed by atoms with Crippen LogP contribution in [0.2, 0.25) is 0 Å². The first-order valence-corrected chi connectivity index (χ1v) is 9.86. The molecular weight excluding hydrogens is 360 g/mol. The zero-order chi connectivity index (χ0) is 18.6. The second kappa shape index (κ2) is 7.99. The van der Waals surface area contributed by atoms with E-state index in [4.69, 9.17) is 10.7 Å². The third kappa shape index (κ3) is 4.08. The molecule has 3 N–H and O–H groups in total. The number of amides is 1. The monoisotopic (exact) mass is 382 g/mol. The highest BCUT2D eigenvalue weighted by Crippen LogP contribution is 2.24. The summed E-state index contributed by atoms with van der Waals surface area (Å²) in [7, 11) is 0. The molecule has 4 rings (SSSR count). The van der Waals surface area contributed by atoms with E-state index in [0.29, 0.717) is 25.3 Å². The summed E-state index contributed by atoms with van der Waals surface area (Å²) in [6.07, 6.45) is 0. The maximum atomic E-state index is 12.5. The summed E-state index contributed by atoms with van der Waals surface area (Å²) in [5.74, 6) is -0.0365. The summed E-state index contributed by atoms with van der Waals surface area (Å²) in [4.78, 5) is 21.5. The van der Waals surface area contributed by atoms with Crippen LogP contribution in [0.1, 0.15) is 21.9 Å². The van der Waals surface area contributed by atoms with E-state index in [1.807, 2.05) is 23.1 Å². The molecule has 0 unspecified atom stereocenters. The van der Waals surface area contributed by atoms with E-state index in [1.54, 1.807) is 17.4 Å². The van der Waals surface area contributed by atoms with E-state index in [1.165, 1.54) is 0 Å². The summed E-state index contributed by atoms with van der Waals surface area (Å²) in [5, 5.41) is 10.0. The summed E-state index contributed by atoms with van der Waals surface area (Å²) < 4.78 is 0. The van der Waals surface area contributed by atoms with Crippen LogP contribution in [0, 0.1) is 0 Å². The van der Waals surface area contributed by atoms with Crippen molar-refractivity contribution in [2.75, 3.05) is 26.2 Å². The van der Waals surface area contributed by atoms with Crippen molar-refractivity contribution in [1.29, 1.82) is 0 Å². The lowest BCUT2D eigenvalue weighted by molar-refractivity contribution is 0.0621. The molecule has 0 aliphatic carbocycles. The lowest BCUT2D eigenvalue weighted by atomic mass is 10.2.